The third-order valence-electron chi connectivity index (χ3n) is 5.29. The van der Waals surface area contributed by atoms with Crippen molar-refractivity contribution in [3.05, 3.63) is 29.8 Å². The van der Waals surface area contributed by atoms with Gasteiger partial charge in [-0.25, -0.2) is 8.42 Å². The molecule has 1 aliphatic rings. The van der Waals surface area contributed by atoms with E-state index in [-0.39, 0.29) is 0 Å². The van der Waals surface area contributed by atoms with Crippen LogP contribution in [-0.4, -0.2) is 64.8 Å². The number of nitrogens with zero attached hydrogens (tertiary/aromatic N) is 2. The van der Waals surface area contributed by atoms with Crippen LogP contribution < -0.4 is 10.6 Å². The normalized spacial score (nSPS) is 18.3. The van der Waals surface area contributed by atoms with Crippen LogP contribution in [0.15, 0.2) is 34.2 Å². The second-order valence-electron chi connectivity index (χ2n) is 7.61. The number of sulfone groups is 1. The molecule has 152 valence electrons. The molecule has 0 aromatic heterocycles. The molecule has 0 bridgehead atoms. The Balaban J connectivity index is 1.72. The smallest absolute Gasteiger partial charge is 0.191 e. The van der Waals surface area contributed by atoms with Crippen molar-refractivity contribution >= 4 is 15.8 Å². The van der Waals surface area contributed by atoms with E-state index in [9.17, 15) is 8.42 Å². The summed E-state index contributed by atoms with van der Waals surface area (Å²) in [6, 6.07) is 7.55. The number of guanidine groups is 1. The summed E-state index contributed by atoms with van der Waals surface area (Å²) >= 11 is 0. The highest BCUT2D eigenvalue weighted by atomic mass is 32.2. The Kier molecular flexibility index (Phi) is 8.10. The second kappa shape index (κ2) is 10.1. The van der Waals surface area contributed by atoms with Crippen LogP contribution in [0, 0.1) is 5.92 Å². The van der Waals surface area contributed by atoms with Gasteiger partial charge in [0.15, 0.2) is 15.8 Å². The summed E-state index contributed by atoms with van der Waals surface area (Å²) in [5, 5.41) is 6.74. The highest BCUT2D eigenvalue weighted by Crippen LogP contribution is 2.17. The predicted octanol–water partition coefficient (Wildman–Crippen LogP) is 1.92. The fourth-order valence-corrected chi connectivity index (χ4v) is 3.92. The molecule has 1 saturated heterocycles. The lowest BCUT2D eigenvalue weighted by Gasteiger charge is -2.35. The van der Waals surface area contributed by atoms with E-state index in [4.69, 9.17) is 0 Å². The average molecular weight is 395 g/mol. The van der Waals surface area contributed by atoms with Crippen LogP contribution in [0.2, 0.25) is 0 Å². The number of nitrogens with one attached hydrogen (secondary N) is 2. The monoisotopic (exact) mass is 394 g/mol. The van der Waals surface area contributed by atoms with Crippen molar-refractivity contribution < 1.29 is 8.42 Å². The zero-order chi connectivity index (χ0) is 19.9. The van der Waals surface area contributed by atoms with Crippen LogP contribution in [0.1, 0.15) is 32.3 Å². The lowest BCUT2D eigenvalue weighted by atomic mass is 9.98. The maximum absolute atomic E-state index is 11.5. The molecule has 1 fully saturated rings. The summed E-state index contributed by atoms with van der Waals surface area (Å²) in [6.07, 6.45) is 4.61. The van der Waals surface area contributed by atoms with Gasteiger partial charge in [-0.2, -0.15) is 0 Å². The fraction of sp³-hybridized carbons (Fsp3) is 0.650. The lowest BCUT2D eigenvalue weighted by Crippen LogP contribution is -2.48. The molecule has 27 heavy (non-hydrogen) atoms. The van der Waals surface area contributed by atoms with Gasteiger partial charge in [0.05, 0.1) is 4.90 Å². The Morgan fingerprint density at radius 2 is 1.85 bits per heavy atom. The Hall–Kier alpha value is -1.60. The van der Waals surface area contributed by atoms with Crippen molar-refractivity contribution in [1.29, 1.82) is 0 Å². The van der Waals surface area contributed by atoms with Gasteiger partial charge in [0.25, 0.3) is 0 Å². The predicted molar refractivity (Wildman–Crippen MR) is 112 cm³/mol. The van der Waals surface area contributed by atoms with Gasteiger partial charge in [-0.3, -0.25) is 9.89 Å². The van der Waals surface area contributed by atoms with Crippen molar-refractivity contribution in [2.24, 2.45) is 10.9 Å². The molecular weight excluding hydrogens is 360 g/mol. The van der Waals surface area contributed by atoms with Crippen LogP contribution in [0.5, 0.6) is 0 Å². The van der Waals surface area contributed by atoms with Crippen molar-refractivity contribution in [2.45, 2.75) is 44.0 Å². The molecular formula is C20H34N4O2S. The highest BCUT2D eigenvalue weighted by molar-refractivity contribution is 7.90. The summed E-state index contributed by atoms with van der Waals surface area (Å²) in [5.74, 6) is 1.65. The number of rotatable bonds is 7. The van der Waals surface area contributed by atoms with E-state index >= 15 is 0 Å². The van der Waals surface area contributed by atoms with Crippen LogP contribution >= 0.6 is 0 Å². The zero-order valence-corrected chi connectivity index (χ0v) is 17.8. The molecule has 0 amide bonds. The van der Waals surface area contributed by atoms with Gasteiger partial charge in [-0.15, -0.1) is 0 Å². The SMILES string of the molecule is CN=C(NCCc1ccc(S(C)(=O)=O)cc1)NCC(C)N1CCC(C)CC1. The molecule has 7 heteroatoms. The first kappa shape index (κ1) is 21.7. The molecule has 1 unspecified atom stereocenters. The Labute approximate surface area is 164 Å². The summed E-state index contributed by atoms with van der Waals surface area (Å²) in [4.78, 5) is 7.20. The van der Waals surface area contributed by atoms with Crippen LogP contribution in [-0.2, 0) is 16.3 Å². The van der Waals surface area contributed by atoms with E-state index in [2.05, 4.69) is 34.4 Å². The largest absolute Gasteiger partial charge is 0.356 e. The number of hydrogen-bond acceptors (Lipinski definition) is 4. The van der Waals surface area contributed by atoms with E-state index in [0.29, 0.717) is 10.9 Å². The molecule has 2 rings (SSSR count). The topological polar surface area (TPSA) is 73.8 Å². The van der Waals surface area contributed by atoms with E-state index in [1.807, 2.05) is 12.1 Å². The van der Waals surface area contributed by atoms with Crippen LogP contribution in [0.3, 0.4) is 0 Å². The molecule has 1 atom stereocenters. The first-order chi connectivity index (χ1) is 12.8. The van der Waals surface area contributed by atoms with Crippen molar-refractivity contribution in [3.8, 4) is 0 Å². The Bertz CT molecular complexity index is 708. The van der Waals surface area contributed by atoms with Crippen molar-refractivity contribution in [1.82, 2.24) is 15.5 Å². The summed E-state index contributed by atoms with van der Waals surface area (Å²) in [6.45, 7) is 8.57. The molecule has 0 aliphatic carbocycles. The van der Waals surface area contributed by atoms with Gasteiger partial charge in [0, 0.05) is 32.4 Å². The van der Waals surface area contributed by atoms with Crippen molar-refractivity contribution in [2.75, 3.05) is 39.5 Å². The number of hydrogen-bond donors (Lipinski definition) is 2. The van der Waals surface area contributed by atoms with Gasteiger partial charge in [-0.1, -0.05) is 19.1 Å². The quantitative estimate of drug-likeness (QED) is 0.546. The summed E-state index contributed by atoms with van der Waals surface area (Å²) < 4.78 is 23.0. The van der Waals surface area contributed by atoms with Crippen molar-refractivity contribution in [3.63, 3.8) is 0 Å². The zero-order valence-electron chi connectivity index (χ0n) is 17.0. The number of aliphatic imine (C=N–C) groups is 1. The minimum absolute atomic E-state index is 0.359. The molecule has 0 saturated carbocycles. The summed E-state index contributed by atoms with van der Waals surface area (Å²) in [5.41, 5.74) is 1.10. The lowest BCUT2D eigenvalue weighted by molar-refractivity contribution is 0.147. The Morgan fingerprint density at radius 1 is 1.22 bits per heavy atom. The first-order valence-electron chi connectivity index (χ1n) is 9.77. The molecule has 1 aliphatic heterocycles. The molecule has 6 nitrogen and oxygen atoms in total. The number of benzene rings is 1. The third kappa shape index (κ3) is 7.14. The van der Waals surface area contributed by atoms with Crippen LogP contribution in [0.4, 0.5) is 0 Å². The van der Waals surface area contributed by atoms with Gasteiger partial charge < -0.3 is 10.6 Å². The number of piperidine rings is 1. The summed E-state index contributed by atoms with van der Waals surface area (Å²) in [7, 11) is -1.35. The second-order valence-corrected chi connectivity index (χ2v) is 9.63. The maximum Gasteiger partial charge on any atom is 0.191 e. The van der Waals surface area contributed by atoms with E-state index in [0.717, 1.165) is 37.0 Å². The molecule has 1 heterocycles. The van der Waals surface area contributed by atoms with E-state index in [1.54, 1.807) is 19.2 Å². The van der Waals surface area contributed by atoms with Gasteiger partial charge in [0.1, 0.15) is 0 Å². The standard InChI is InChI=1S/C20H34N4O2S/c1-16-10-13-24(14-11-16)17(2)15-23-20(21-3)22-12-9-18-5-7-19(8-6-18)27(4,25)26/h5-8,16-17H,9-15H2,1-4H3,(H2,21,22,23). The first-order valence-corrected chi connectivity index (χ1v) is 11.7. The van der Waals surface area contributed by atoms with Gasteiger partial charge >= 0.3 is 0 Å². The third-order valence-corrected chi connectivity index (χ3v) is 6.42. The average Bonchev–Trinajstić information content (AvgIpc) is 2.64. The highest BCUT2D eigenvalue weighted by Gasteiger charge is 2.20. The molecule has 0 radical (unpaired) electrons. The fourth-order valence-electron chi connectivity index (χ4n) is 3.29. The molecule has 1 aromatic rings. The maximum atomic E-state index is 11.5. The van der Waals surface area contributed by atoms with Gasteiger partial charge in [-0.05, 0) is 62.9 Å². The Morgan fingerprint density at radius 3 is 2.41 bits per heavy atom. The van der Waals surface area contributed by atoms with E-state index in [1.165, 1.54) is 32.2 Å². The minimum atomic E-state index is -3.13. The van der Waals surface area contributed by atoms with E-state index < -0.39 is 9.84 Å². The number of likely N-dealkylation sites (tertiary alicyclic amines) is 1. The molecule has 2 N–H and O–H groups in total. The minimum Gasteiger partial charge on any atom is -0.356 e. The molecule has 1 aromatic carbocycles. The van der Waals surface area contributed by atoms with Gasteiger partial charge in [0.2, 0.25) is 0 Å². The van der Waals surface area contributed by atoms with Crippen LogP contribution in [0.25, 0.3) is 0 Å². The molecule has 0 spiro atoms.